The van der Waals surface area contributed by atoms with Crippen LogP contribution in [0.5, 0.6) is 5.75 Å². The number of phenols is 1. The summed E-state index contributed by atoms with van der Waals surface area (Å²) in [5, 5.41) is 19.9. The molecule has 5 N–H and O–H groups in total. The van der Waals surface area contributed by atoms with Crippen molar-refractivity contribution < 1.29 is 19.8 Å². The highest BCUT2D eigenvalue weighted by atomic mass is 16.4. The van der Waals surface area contributed by atoms with Gasteiger partial charge in [-0.05, 0) is 24.3 Å². The van der Waals surface area contributed by atoms with Crippen molar-refractivity contribution in [1.29, 1.82) is 0 Å². The minimum atomic E-state index is -1.13. The van der Waals surface area contributed by atoms with Crippen LogP contribution in [-0.2, 0) is 9.59 Å². The first kappa shape index (κ1) is 12.0. The Balaban J connectivity index is 2.57. The largest absolute Gasteiger partial charge is 0.508 e. The van der Waals surface area contributed by atoms with Gasteiger partial charge in [-0.1, -0.05) is 0 Å². The Morgan fingerprint density at radius 3 is 2.38 bits per heavy atom. The lowest BCUT2D eigenvalue weighted by atomic mass is 10.2. The predicted molar refractivity (Wildman–Crippen MR) is 57.0 cm³/mol. The van der Waals surface area contributed by atoms with Crippen LogP contribution in [0.4, 0.5) is 5.69 Å². The van der Waals surface area contributed by atoms with Gasteiger partial charge in [-0.15, -0.1) is 0 Å². The van der Waals surface area contributed by atoms with E-state index >= 15 is 0 Å². The van der Waals surface area contributed by atoms with E-state index in [2.05, 4.69) is 5.32 Å². The van der Waals surface area contributed by atoms with Crippen molar-refractivity contribution in [3.8, 4) is 5.75 Å². The van der Waals surface area contributed by atoms with Crippen molar-refractivity contribution in [1.82, 2.24) is 0 Å². The van der Waals surface area contributed by atoms with Gasteiger partial charge in [-0.2, -0.15) is 0 Å². The molecule has 1 amide bonds. The summed E-state index contributed by atoms with van der Waals surface area (Å²) >= 11 is 0. The molecule has 0 fully saturated rings. The van der Waals surface area contributed by atoms with Crippen LogP contribution < -0.4 is 11.1 Å². The third-order valence-corrected chi connectivity index (χ3v) is 1.87. The first-order valence-electron chi connectivity index (χ1n) is 4.56. The van der Waals surface area contributed by atoms with E-state index in [0.717, 1.165) is 0 Å². The van der Waals surface area contributed by atoms with E-state index in [1.807, 2.05) is 0 Å². The molecule has 1 atom stereocenters. The van der Waals surface area contributed by atoms with E-state index < -0.39 is 24.3 Å². The van der Waals surface area contributed by atoms with Gasteiger partial charge in [0.2, 0.25) is 5.91 Å². The molecule has 0 aliphatic heterocycles. The average Bonchev–Trinajstić information content (AvgIpc) is 2.20. The minimum Gasteiger partial charge on any atom is -0.508 e. The monoisotopic (exact) mass is 224 g/mol. The summed E-state index contributed by atoms with van der Waals surface area (Å²) in [4.78, 5) is 21.7. The number of aromatic hydroxyl groups is 1. The number of nitrogens with one attached hydrogen (secondary N) is 1. The second kappa shape index (κ2) is 5.13. The molecule has 0 bridgehead atoms. The van der Waals surface area contributed by atoms with Gasteiger partial charge in [0.15, 0.2) is 0 Å². The first-order valence-corrected chi connectivity index (χ1v) is 4.56. The zero-order valence-corrected chi connectivity index (χ0v) is 8.38. The Morgan fingerprint density at radius 1 is 1.31 bits per heavy atom. The van der Waals surface area contributed by atoms with Crippen LogP contribution in [-0.4, -0.2) is 28.1 Å². The van der Waals surface area contributed by atoms with Crippen LogP contribution in [0, 0.1) is 0 Å². The van der Waals surface area contributed by atoms with Crippen LogP contribution in [0.2, 0.25) is 0 Å². The predicted octanol–water partition coefficient (Wildman–Crippen LogP) is 0.133. The summed E-state index contributed by atoms with van der Waals surface area (Å²) < 4.78 is 0. The summed E-state index contributed by atoms with van der Waals surface area (Å²) in [5.41, 5.74) is 5.80. The lowest BCUT2D eigenvalue weighted by molar-refractivity contribution is -0.138. The molecule has 1 aromatic rings. The molecule has 0 saturated heterocycles. The number of anilines is 1. The lowest BCUT2D eigenvalue weighted by Crippen LogP contribution is -2.37. The Labute approximate surface area is 91.7 Å². The maximum atomic E-state index is 11.4. The number of hydrogen-bond donors (Lipinski definition) is 4. The summed E-state index contributed by atoms with van der Waals surface area (Å²) in [6.45, 7) is 0. The van der Waals surface area contributed by atoms with Gasteiger partial charge in [-0.3, -0.25) is 9.59 Å². The zero-order chi connectivity index (χ0) is 12.1. The highest BCUT2D eigenvalue weighted by Gasteiger charge is 2.16. The van der Waals surface area contributed by atoms with Crippen molar-refractivity contribution in [2.24, 2.45) is 5.73 Å². The quantitative estimate of drug-likeness (QED) is 0.543. The number of carboxylic acid groups (broad SMARTS) is 1. The molecule has 0 aromatic heterocycles. The molecule has 0 aliphatic carbocycles. The standard InChI is InChI=1S/C10H12N2O4/c11-8(5-9(14)15)10(16)12-6-1-3-7(13)4-2-6/h1-4,8,13H,5,11H2,(H,12,16)(H,14,15). The molecule has 0 radical (unpaired) electrons. The van der Waals surface area contributed by atoms with E-state index in [4.69, 9.17) is 15.9 Å². The summed E-state index contributed by atoms with van der Waals surface area (Å²) in [5.74, 6) is -1.63. The molecule has 16 heavy (non-hydrogen) atoms. The number of aliphatic carboxylic acids is 1. The van der Waals surface area contributed by atoms with Crippen molar-refractivity contribution in [3.63, 3.8) is 0 Å². The fourth-order valence-electron chi connectivity index (χ4n) is 1.06. The summed E-state index contributed by atoms with van der Waals surface area (Å²) in [6.07, 6.45) is -0.427. The molecular weight excluding hydrogens is 212 g/mol. The molecule has 1 unspecified atom stereocenters. The molecule has 0 aliphatic rings. The second-order valence-electron chi connectivity index (χ2n) is 3.24. The first-order chi connectivity index (χ1) is 7.49. The van der Waals surface area contributed by atoms with E-state index in [1.165, 1.54) is 24.3 Å². The smallest absolute Gasteiger partial charge is 0.305 e. The minimum absolute atomic E-state index is 0.0767. The fourth-order valence-corrected chi connectivity index (χ4v) is 1.06. The normalized spacial score (nSPS) is 11.8. The number of rotatable bonds is 4. The SMILES string of the molecule is NC(CC(=O)O)C(=O)Nc1ccc(O)cc1. The fraction of sp³-hybridized carbons (Fsp3) is 0.200. The molecule has 0 spiro atoms. The van der Waals surface area contributed by atoms with Crippen molar-refractivity contribution >= 4 is 17.6 Å². The number of carbonyl (C=O) groups is 2. The third kappa shape index (κ3) is 3.58. The van der Waals surface area contributed by atoms with Crippen LogP contribution >= 0.6 is 0 Å². The van der Waals surface area contributed by atoms with Gasteiger partial charge in [0.05, 0.1) is 12.5 Å². The number of carbonyl (C=O) groups excluding carboxylic acids is 1. The van der Waals surface area contributed by atoms with Gasteiger partial charge in [0, 0.05) is 5.69 Å². The molecule has 0 heterocycles. The van der Waals surface area contributed by atoms with Crippen molar-refractivity contribution in [3.05, 3.63) is 24.3 Å². The van der Waals surface area contributed by atoms with E-state index in [9.17, 15) is 9.59 Å². The van der Waals surface area contributed by atoms with Crippen LogP contribution in [0.25, 0.3) is 0 Å². The van der Waals surface area contributed by atoms with Gasteiger partial charge in [0.1, 0.15) is 5.75 Å². The number of carboxylic acids is 1. The average molecular weight is 224 g/mol. The van der Waals surface area contributed by atoms with Gasteiger partial charge >= 0.3 is 5.97 Å². The number of hydrogen-bond acceptors (Lipinski definition) is 4. The Kier molecular flexibility index (Phi) is 3.84. The van der Waals surface area contributed by atoms with E-state index in [-0.39, 0.29) is 5.75 Å². The topological polar surface area (TPSA) is 113 Å². The molecule has 6 nitrogen and oxygen atoms in total. The van der Waals surface area contributed by atoms with E-state index in [0.29, 0.717) is 5.69 Å². The van der Waals surface area contributed by atoms with Crippen LogP contribution in [0.1, 0.15) is 6.42 Å². The van der Waals surface area contributed by atoms with Gasteiger partial charge < -0.3 is 21.3 Å². The highest BCUT2D eigenvalue weighted by molar-refractivity contribution is 5.96. The molecule has 1 aromatic carbocycles. The summed E-state index contributed by atoms with van der Waals surface area (Å²) in [6, 6.07) is 4.68. The molecule has 0 saturated carbocycles. The molecule has 86 valence electrons. The van der Waals surface area contributed by atoms with Gasteiger partial charge in [-0.25, -0.2) is 0 Å². The maximum Gasteiger partial charge on any atom is 0.305 e. The second-order valence-corrected chi connectivity index (χ2v) is 3.24. The number of nitrogens with two attached hydrogens (primary N) is 1. The number of phenolic OH excluding ortho intramolecular Hbond substituents is 1. The molecule has 1 rings (SSSR count). The van der Waals surface area contributed by atoms with Crippen molar-refractivity contribution in [2.75, 3.05) is 5.32 Å². The Hall–Kier alpha value is -2.08. The van der Waals surface area contributed by atoms with E-state index in [1.54, 1.807) is 0 Å². The van der Waals surface area contributed by atoms with Crippen LogP contribution in [0.3, 0.4) is 0 Å². The summed E-state index contributed by atoms with van der Waals surface area (Å²) in [7, 11) is 0. The Morgan fingerprint density at radius 2 is 1.88 bits per heavy atom. The lowest BCUT2D eigenvalue weighted by Gasteiger charge is -2.09. The third-order valence-electron chi connectivity index (χ3n) is 1.87. The molecular formula is C10H12N2O4. The number of amides is 1. The van der Waals surface area contributed by atoms with Gasteiger partial charge in [0.25, 0.3) is 0 Å². The number of benzene rings is 1. The zero-order valence-electron chi connectivity index (χ0n) is 8.38. The highest BCUT2D eigenvalue weighted by Crippen LogP contribution is 2.13. The maximum absolute atomic E-state index is 11.4. The Bertz CT molecular complexity index is 388. The van der Waals surface area contributed by atoms with Crippen LogP contribution in [0.15, 0.2) is 24.3 Å². The molecule has 6 heteroatoms. The van der Waals surface area contributed by atoms with Crippen molar-refractivity contribution in [2.45, 2.75) is 12.5 Å².